The average Bonchev–Trinajstić information content (AvgIpc) is 3.03. The summed E-state index contributed by atoms with van der Waals surface area (Å²) >= 11 is 0. The summed E-state index contributed by atoms with van der Waals surface area (Å²) in [6.45, 7) is 3.96. The van der Waals surface area contributed by atoms with Crippen LogP contribution in [-0.2, 0) is 9.53 Å². The highest BCUT2D eigenvalue weighted by molar-refractivity contribution is 5.79. The molecule has 2 atom stereocenters. The molecule has 1 saturated heterocycles. The maximum Gasteiger partial charge on any atom is 0.235 e. The maximum absolute atomic E-state index is 12.5. The Morgan fingerprint density at radius 2 is 2.00 bits per heavy atom. The smallest absolute Gasteiger partial charge is 0.235 e. The molecule has 0 aromatic carbocycles. The van der Waals surface area contributed by atoms with Crippen molar-refractivity contribution in [2.75, 3.05) is 19.7 Å². The summed E-state index contributed by atoms with van der Waals surface area (Å²) in [5.41, 5.74) is -0.692. The molecule has 5 heteroatoms. The highest BCUT2D eigenvalue weighted by Gasteiger charge is 2.43. The van der Waals surface area contributed by atoms with Crippen LogP contribution in [0.4, 0.5) is 0 Å². The van der Waals surface area contributed by atoms with Crippen LogP contribution in [0.5, 0.6) is 0 Å². The molecule has 1 aliphatic heterocycles. The fourth-order valence-corrected chi connectivity index (χ4v) is 4.06. The summed E-state index contributed by atoms with van der Waals surface area (Å²) in [7, 11) is 0. The Hall–Kier alpha value is -1.12. The topological polar surface area (TPSA) is 65.4 Å². The SMILES string of the molecule is C[C@@](C#N)(NC(=O)CN(C[C@@H]1CCCO1)C1CCCC1)C1CC1. The molecular formula is C18H29N3O2. The first-order valence-corrected chi connectivity index (χ1v) is 9.18. The van der Waals surface area contributed by atoms with E-state index in [0.29, 0.717) is 18.5 Å². The van der Waals surface area contributed by atoms with Gasteiger partial charge in [-0.05, 0) is 51.4 Å². The molecule has 1 N–H and O–H groups in total. The van der Waals surface area contributed by atoms with Crippen molar-refractivity contribution in [2.24, 2.45) is 5.92 Å². The van der Waals surface area contributed by atoms with Crippen LogP contribution in [0.15, 0.2) is 0 Å². The van der Waals surface area contributed by atoms with Crippen molar-refractivity contribution in [3.05, 3.63) is 0 Å². The molecule has 1 heterocycles. The molecule has 0 spiro atoms. The van der Waals surface area contributed by atoms with Gasteiger partial charge in [0.05, 0.1) is 18.7 Å². The Morgan fingerprint density at radius 1 is 1.26 bits per heavy atom. The van der Waals surface area contributed by atoms with Gasteiger partial charge in [0.1, 0.15) is 5.54 Å². The minimum Gasteiger partial charge on any atom is -0.377 e. The molecule has 3 rings (SSSR count). The van der Waals surface area contributed by atoms with Gasteiger partial charge in [0.15, 0.2) is 0 Å². The third-order valence-electron chi connectivity index (χ3n) is 5.68. The number of carbonyl (C=O) groups is 1. The Bertz CT molecular complexity index is 459. The van der Waals surface area contributed by atoms with E-state index in [1.807, 2.05) is 6.92 Å². The second-order valence-corrected chi connectivity index (χ2v) is 7.64. The summed E-state index contributed by atoms with van der Waals surface area (Å²) in [5, 5.41) is 12.4. The minimum atomic E-state index is -0.692. The van der Waals surface area contributed by atoms with Crippen molar-refractivity contribution in [1.82, 2.24) is 10.2 Å². The van der Waals surface area contributed by atoms with Crippen LogP contribution in [0.3, 0.4) is 0 Å². The van der Waals surface area contributed by atoms with Gasteiger partial charge in [0.25, 0.3) is 0 Å². The van der Waals surface area contributed by atoms with Crippen LogP contribution in [0, 0.1) is 17.2 Å². The molecule has 0 unspecified atom stereocenters. The quantitative estimate of drug-likeness (QED) is 0.781. The number of nitriles is 1. The molecule has 0 aromatic rings. The van der Waals surface area contributed by atoms with Crippen LogP contribution in [0.1, 0.15) is 58.3 Å². The number of carbonyl (C=O) groups excluding carboxylic acids is 1. The monoisotopic (exact) mass is 319 g/mol. The van der Waals surface area contributed by atoms with Crippen molar-refractivity contribution in [2.45, 2.75) is 76.0 Å². The first-order chi connectivity index (χ1) is 11.1. The van der Waals surface area contributed by atoms with Crippen molar-refractivity contribution in [3.8, 4) is 6.07 Å². The second-order valence-electron chi connectivity index (χ2n) is 7.64. The van der Waals surface area contributed by atoms with Gasteiger partial charge in [0, 0.05) is 19.2 Å². The summed E-state index contributed by atoms with van der Waals surface area (Å²) in [4.78, 5) is 14.9. The third kappa shape index (κ3) is 4.24. The van der Waals surface area contributed by atoms with Gasteiger partial charge in [-0.2, -0.15) is 5.26 Å². The highest BCUT2D eigenvalue weighted by atomic mass is 16.5. The number of ether oxygens (including phenoxy) is 1. The Labute approximate surface area is 139 Å². The lowest BCUT2D eigenvalue weighted by Gasteiger charge is -2.32. The van der Waals surface area contributed by atoms with E-state index in [0.717, 1.165) is 38.8 Å². The zero-order chi connectivity index (χ0) is 16.3. The summed E-state index contributed by atoms with van der Waals surface area (Å²) in [6, 6.07) is 2.81. The molecule has 5 nitrogen and oxygen atoms in total. The van der Waals surface area contributed by atoms with E-state index < -0.39 is 5.54 Å². The van der Waals surface area contributed by atoms with Crippen molar-refractivity contribution in [1.29, 1.82) is 5.26 Å². The first-order valence-electron chi connectivity index (χ1n) is 9.18. The molecule has 1 amide bonds. The number of nitrogens with zero attached hydrogens (tertiary/aromatic N) is 2. The number of rotatable bonds is 7. The Balaban J connectivity index is 1.57. The van der Waals surface area contributed by atoms with Crippen molar-refractivity contribution < 1.29 is 9.53 Å². The summed E-state index contributed by atoms with van der Waals surface area (Å²) < 4.78 is 5.77. The average molecular weight is 319 g/mol. The van der Waals surface area contributed by atoms with Crippen LogP contribution < -0.4 is 5.32 Å². The molecule has 3 aliphatic rings. The Morgan fingerprint density at radius 3 is 2.57 bits per heavy atom. The third-order valence-corrected chi connectivity index (χ3v) is 5.68. The van der Waals surface area contributed by atoms with Gasteiger partial charge in [-0.25, -0.2) is 0 Å². The van der Waals surface area contributed by atoms with E-state index in [1.54, 1.807) is 0 Å². The number of hydrogen-bond donors (Lipinski definition) is 1. The molecule has 3 fully saturated rings. The van der Waals surface area contributed by atoms with Crippen molar-refractivity contribution in [3.63, 3.8) is 0 Å². The first kappa shape index (κ1) is 16.7. The predicted molar refractivity (Wildman–Crippen MR) is 87.7 cm³/mol. The standard InChI is InChI=1S/C18H29N3O2/c1-18(13-19,14-8-9-14)20-17(22)12-21(15-5-2-3-6-15)11-16-7-4-10-23-16/h14-16H,2-12H2,1H3,(H,20,22)/t16-,18-/m0/s1. The molecular weight excluding hydrogens is 290 g/mol. The maximum atomic E-state index is 12.5. The van der Waals surface area contributed by atoms with Gasteiger partial charge in [-0.1, -0.05) is 12.8 Å². The molecule has 0 radical (unpaired) electrons. The molecule has 2 aliphatic carbocycles. The molecule has 23 heavy (non-hydrogen) atoms. The van der Waals surface area contributed by atoms with Crippen LogP contribution in [-0.4, -0.2) is 48.2 Å². The molecule has 128 valence electrons. The summed E-state index contributed by atoms with van der Waals surface area (Å²) in [6.07, 6.45) is 9.47. The highest BCUT2D eigenvalue weighted by Crippen LogP contribution is 2.39. The van der Waals surface area contributed by atoms with Crippen molar-refractivity contribution >= 4 is 5.91 Å². The lowest BCUT2D eigenvalue weighted by molar-refractivity contribution is -0.124. The lowest BCUT2D eigenvalue weighted by Crippen LogP contribution is -2.52. The van der Waals surface area contributed by atoms with E-state index in [9.17, 15) is 10.1 Å². The molecule has 0 aromatic heterocycles. The van der Waals surface area contributed by atoms with Crippen LogP contribution in [0.2, 0.25) is 0 Å². The van der Waals surface area contributed by atoms with E-state index in [4.69, 9.17) is 4.74 Å². The van der Waals surface area contributed by atoms with Gasteiger partial charge < -0.3 is 10.1 Å². The van der Waals surface area contributed by atoms with E-state index in [1.165, 1.54) is 25.7 Å². The predicted octanol–water partition coefficient (Wildman–Crippen LogP) is 2.22. The lowest BCUT2D eigenvalue weighted by atomic mass is 9.98. The zero-order valence-electron chi connectivity index (χ0n) is 14.2. The fourth-order valence-electron chi connectivity index (χ4n) is 4.06. The normalized spacial score (nSPS) is 27.8. The number of amides is 1. The van der Waals surface area contributed by atoms with Crippen LogP contribution in [0.25, 0.3) is 0 Å². The van der Waals surface area contributed by atoms with Gasteiger partial charge in [0.2, 0.25) is 5.91 Å². The Kier molecular flexibility index (Phi) is 5.23. The number of hydrogen-bond acceptors (Lipinski definition) is 4. The minimum absolute atomic E-state index is 0.00848. The zero-order valence-corrected chi connectivity index (χ0v) is 14.2. The number of nitrogens with one attached hydrogen (secondary N) is 1. The van der Waals surface area contributed by atoms with Crippen LogP contribution >= 0.6 is 0 Å². The van der Waals surface area contributed by atoms with E-state index in [2.05, 4.69) is 16.3 Å². The van der Waals surface area contributed by atoms with E-state index in [-0.39, 0.29) is 12.0 Å². The van der Waals surface area contributed by atoms with Gasteiger partial charge in [-0.3, -0.25) is 9.69 Å². The summed E-state index contributed by atoms with van der Waals surface area (Å²) in [5.74, 6) is 0.320. The van der Waals surface area contributed by atoms with E-state index >= 15 is 0 Å². The molecule has 2 saturated carbocycles. The van der Waals surface area contributed by atoms with Gasteiger partial charge >= 0.3 is 0 Å². The second kappa shape index (κ2) is 7.19. The largest absolute Gasteiger partial charge is 0.377 e. The molecule has 0 bridgehead atoms. The fraction of sp³-hybridized carbons (Fsp3) is 0.889. The van der Waals surface area contributed by atoms with Gasteiger partial charge in [-0.15, -0.1) is 0 Å².